The molecule has 2 N–H and O–H groups in total. The molecular weight excluding hydrogens is 206 g/mol. The highest BCUT2D eigenvalue weighted by molar-refractivity contribution is 5.92. The Bertz CT molecular complexity index is 338. The minimum Gasteiger partial charge on any atom is -0.288 e. The molecule has 0 spiro atoms. The van der Waals surface area contributed by atoms with Gasteiger partial charge in [0.15, 0.2) is 0 Å². The van der Waals surface area contributed by atoms with Gasteiger partial charge in [-0.15, -0.1) is 0 Å². The van der Waals surface area contributed by atoms with Crippen LogP contribution in [0.15, 0.2) is 12.4 Å². The van der Waals surface area contributed by atoms with Crippen molar-refractivity contribution in [1.29, 1.82) is 0 Å². The van der Waals surface area contributed by atoms with Crippen molar-refractivity contribution in [3.8, 4) is 0 Å². The van der Waals surface area contributed by atoms with Crippen LogP contribution in [0.3, 0.4) is 0 Å². The number of amides is 1. The largest absolute Gasteiger partial charge is 0.288 e. The van der Waals surface area contributed by atoms with E-state index in [4.69, 9.17) is 5.21 Å². The lowest BCUT2D eigenvalue weighted by Gasteiger charge is -2.08. The van der Waals surface area contributed by atoms with Gasteiger partial charge in [-0.3, -0.25) is 10.0 Å². The molecule has 1 amide bonds. The first-order valence-electron chi connectivity index (χ1n) is 5.45. The summed E-state index contributed by atoms with van der Waals surface area (Å²) in [5, 5.41) is 8.43. The van der Waals surface area contributed by atoms with Crippen molar-refractivity contribution in [2.75, 3.05) is 0 Å². The van der Waals surface area contributed by atoms with Gasteiger partial charge in [0.25, 0.3) is 5.91 Å². The van der Waals surface area contributed by atoms with Crippen LogP contribution in [0.4, 0.5) is 0 Å². The summed E-state index contributed by atoms with van der Waals surface area (Å²) < 4.78 is 0. The number of nitrogens with one attached hydrogen (secondary N) is 1. The van der Waals surface area contributed by atoms with Gasteiger partial charge in [-0.1, -0.05) is 26.7 Å². The van der Waals surface area contributed by atoms with E-state index in [1.54, 1.807) is 5.48 Å². The van der Waals surface area contributed by atoms with E-state index in [1.807, 2.05) is 0 Å². The maximum absolute atomic E-state index is 11.0. The molecule has 0 saturated carbocycles. The maximum Gasteiger partial charge on any atom is 0.277 e. The first kappa shape index (κ1) is 12.6. The van der Waals surface area contributed by atoms with Crippen LogP contribution in [0, 0.1) is 0 Å². The lowest BCUT2D eigenvalue weighted by Crippen LogP contribution is -2.19. The number of hydroxylamine groups is 1. The lowest BCUT2D eigenvalue weighted by atomic mass is 10.0. The second-order valence-electron chi connectivity index (χ2n) is 3.81. The summed E-state index contributed by atoms with van der Waals surface area (Å²) in [6, 6.07) is 0. The molecule has 1 aromatic rings. The summed E-state index contributed by atoms with van der Waals surface area (Å²) in [7, 11) is 0. The van der Waals surface area contributed by atoms with Gasteiger partial charge in [-0.05, 0) is 6.42 Å². The molecular formula is C11H17N3O2. The summed E-state index contributed by atoms with van der Waals surface area (Å²) in [6.07, 6.45) is 6.19. The van der Waals surface area contributed by atoms with Crippen molar-refractivity contribution in [3.05, 3.63) is 23.8 Å². The Morgan fingerprint density at radius 2 is 2.12 bits per heavy atom. The van der Waals surface area contributed by atoms with E-state index >= 15 is 0 Å². The van der Waals surface area contributed by atoms with Crippen molar-refractivity contribution in [1.82, 2.24) is 15.4 Å². The van der Waals surface area contributed by atoms with Crippen molar-refractivity contribution < 1.29 is 10.0 Å². The highest BCUT2D eigenvalue weighted by atomic mass is 16.5. The maximum atomic E-state index is 11.0. The van der Waals surface area contributed by atoms with Gasteiger partial charge >= 0.3 is 0 Å². The molecule has 0 fully saturated rings. The van der Waals surface area contributed by atoms with Crippen molar-refractivity contribution >= 4 is 5.91 Å². The van der Waals surface area contributed by atoms with Crippen LogP contribution in [0.25, 0.3) is 0 Å². The number of unbranched alkanes of at least 4 members (excludes halogenated alkanes) is 1. The van der Waals surface area contributed by atoms with Crippen molar-refractivity contribution in [2.24, 2.45) is 0 Å². The van der Waals surface area contributed by atoms with Gasteiger partial charge in [0.05, 0.1) is 5.56 Å². The van der Waals surface area contributed by atoms with Crippen LogP contribution < -0.4 is 5.48 Å². The second kappa shape index (κ2) is 6.17. The molecule has 0 aliphatic rings. The Labute approximate surface area is 94.9 Å². The number of carbonyl (C=O) groups excluding carboxylic acids is 1. The first-order valence-corrected chi connectivity index (χ1v) is 5.45. The Morgan fingerprint density at radius 3 is 2.62 bits per heavy atom. The normalized spacial score (nSPS) is 12.2. The zero-order chi connectivity index (χ0) is 12.0. The van der Waals surface area contributed by atoms with Crippen LogP contribution in [-0.2, 0) is 0 Å². The number of hydrogen-bond donors (Lipinski definition) is 2. The molecule has 88 valence electrons. The minimum absolute atomic E-state index is 0.258. The van der Waals surface area contributed by atoms with Gasteiger partial charge in [-0.25, -0.2) is 15.4 Å². The summed E-state index contributed by atoms with van der Waals surface area (Å²) in [5.41, 5.74) is 1.80. The fourth-order valence-electron chi connectivity index (χ4n) is 1.41. The van der Waals surface area contributed by atoms with Gasteiger partial charge in [0, 0.05) is 18.3 Å². The van der Waals surface area contributed by atoms with Crippen molar-refractivity contribution in [2.45, 2.75) is 39.0 Å². The Hall–Kier alpha value is -1.49. The molecule has 0 saturated heterocycles. The lowest BCUT2D eigenvalue weighted by molar-refractivity contribution is 0.0705. The van der Waals surface area contributed by atoms with E-state index < -0.39 is 5.91 Å². The van der Waals surface area contributed by atoms with Gasteiger partial charge in [0.2, 0.25) is 0 Å². The third kappa shape index (κ3) is 3.27. The predicted molar refractivity (Wildman–Crippen MR) is 59.2 cm³/mol. The molecule has 0 aliphatic heterocycles. The third-order valence-corrected chi connectivity index (χ3v) is 2.47. The quantitative estimate of drug-likeness (QED) is 0.590. The molecule has 1 heterocycles. The Balaban J connectivity index is 2.67. The number of nitrogens with zero attached hydrogens (tertiary/aromatic N) is 2. The van der Waals surface area contributed by atoms with Crippen LogP contribution in [0.5, 0.6) is 0 Å². The highest BCUT2D eigenvalue weighted by Gasteiger charge is 2.10. The molecule has 5 nitrogen and oxygen atoms in total. The summed E-state index contributed by atoms with van der Waals surface area (Å²) in [4.78, 5) is 19.3. The monoisotopic (exact) mass is 223 g/mol. The highest BCUT2D eigenvalue weighted by Crippen LogP contribution is 2.17. The topological polar surface area (TPSA) is 75.1 Å². The molecule has 16 heavy (non-hydrogen) atoms. The van der Waals surface area contributed by atoms with Crippen LogP contribution in [0.2, 0.25) is 0 Å². The van der Waals surface area contributed by atoms with E-state index in [2.05, 4.69) is 23.8 Å². The van der Waals surface area contributed by atoms with Crippen molar-refractivity contribution in [3.63, 3.8) is 0 Å². The number of hydrogen-bond acceptors (Lipinski definition) is 4. The van der Waals surface area contributed by atoms with Gasteiger partial charge in [-0.2, -0.15) is 0 Å². The van der Waals surface area contributed by atoms with Crippen LogP contribution in [0.1, 0.15) is 55.2 Å². The molecule has 1 rings (SSSR count). The standard InChI is InChI=1S/C11H17N3O2/c1-3-4-5-8(2)10-12-6-9(7-13-10)11(15)14-16/h6-8,16H,3-5H2,1-2H3,(H,14,15). The van der Waals surface area contributed by atoms with Gasteiger partial charge in [0.1, 0.15) is 5.82 Å². The summed E-state index contributed by atoms with van der Waals surface area (Å²) in [6.45, 7) is 4.21. The third-order valence-electron chi connectivity index (χ3n) is 2.47. The second-order valence-corrected chi connectivity index (χ2v) is 3.81. The summed E-state index contributed by atoms with van der Waals surface area (Å²) in [5.74, 6) is 0.446. The van der Waals surface area contributed by atoms with Crippen LogP contribution in [-0.4, -0.2) is 21.1 Å². The number of carbonyl (C=O) groups is 1. The predicted octanol–water partition coefficient (Wildman–Crippen LogP) is 1.89. The molecule has 5 heteroatoms. The smallest absolute Gasteiger partial charge is 0.277 e. The molecule has 1 unspecified atom stereocenters. The fourth-order valence-corrected chi connectivity index (χ4v) is 1.41. The summed E-state index contributed by atoms with van der Waals surface area (Å²) >= 11 is 0. The Morgan fingerprint density at radius 1 is 1.50 bits per heavy atom. The number of aromatic nitrogens is 2. The van der Waals surface area contributed by atoms with Crippen LogP contribution >= 0.6 is 0 Å². The van der Waals surface area contributed by atoms with E-state index in [9.17, 15) is 4.79 Å². The number of rotatable bonds is 5. The molecule has 1 atom stereocenters. The van der Waals surface area contributed by atoms with E-state index in [1.165, 1.54) is 12.4 Å². The molecule has 0 aliphatic carbocycles. The minimum atomic E-state index is -0.590. The van der Waals surface area contributed by atoms with E-state index in [-0.39, 0.29) is 5.56 Å². The average molecular weight is 223 g/mol. The zero-order valence-corrected chi connectivity index (χ0v) is 9.60. The molecule has 1 aromatic heterocycles. The Kier molecular flexibility index (Phi) is 4.85. The van der Waals surface area contributed by atoms with E-state index in [0.29, 0.717) is 5.92 Å². The first-order chi connectivity index (χ1) is 7.69. The zero-order valence-electron chi connectivity index (χ0n) is 9.60. The van der Waals surface area contributed by atoms with E-state index in [0.717, 1.165) is 25.1 Å². The fraction of sp³-hybridized carbons (Fsp3) is 0.545. The van der Waals surface area contributed by atoms with Gasteiger partial charge < -0.3 is 0 Å². The molecule has 0 aromatic carbocycles. The average Bonchev–Trinajstić information content (AvgIpc) is 2.35. The molecule has 0 bridgehead atoms. The SMILES string of the molecule is CCCCC(C)c1ncc(C(=O)NO)cn1. The molecule has 0 radical (unpaired) electrons.